The summed E-state index contributed by atoms with van der Waals surface area (Å²) in [7, 11) is 3.02. The number of anilines is 1. The van der Waals surface area contributed by atoms with E-state index in [-0.39, 0.29) is 22.3 Å². The van der Waals surface area contributed by atoms with Gasteiger partial charge in [0.25, 0.3) is 5.78 Å². The van der Waals surface area contributed by atoms with Crippen molar-refractivity contribution in [2.45, 2.75) is 22.7 Å². The Bertz CT molecular complexity index is 1930. The van der Waals surface area contributed by atoms with Crippen molar-refractivity contribution >= 4 is 45.7 Å². The molecule has 0 spiro atoms. The minimum atomic E-state index is -1.06. The van der Waals surface area contributed by atoms with Crippen LogP contribution in [0.3, 0.4) is 0 Å². The summed E-state index contributed by atoms with van der Waals surface area (Å²) in [5.74, 6) is -0.512. The lowest BCUT2D eigenvalue weighted by atomic mass is 9.95. The van der Waals surface area contributed by atoms with Crippen LogP contribution in [-0.4, -0.2) is 41.2 Å². The van der Waals surface area contributed by atoms with Crippen LogP contribution in [0.25, 0.3) is 5.76 Å². The third-order valence-electron chi connectivity index (χ3n) is 7.43. The van der Waals surface area contributed by atoms with Gasteiger partial charge in [0.05, 0.1) is 25.8 Å². The van der Waals surface area contributed by atoms with Crippen LogP contribution >= 0.6 is 23.1 Å². The molecule has 5 aromatic rings. The summed E-state index contributed by atoms with van der Waals surface area (Å²) in [6, 6.07) is 26.4. The standard InChI is InChI=1S/C35H28FN3O6S2/c1-43-26-15-10-23(11-16-26)31(40)29-30(24-12-17-27(28(18-24)44-2)45-19-21-6-4-3-5-7-21)39(33(42)32(29)41)34-37-38-35(47-34)46-20-22-8-13-25(36)14-9-22/h3-18,30,40H,19-20H2,1-2H3/b31-29-. The van der Waals surface area contributed by atoms with Gasteiger partial charge in [-0.2, -0.15) is 0 Å². The first-order valence-electron chi connectivity index (χ1n) is 14.4. The van der Waals surface area contributed by atoms with Gasteiger partial charge < -0.3 is 19.3 Å². The molecule has 1 amide bonds. The number of methoxy groups -OCH3 is 2. The molecule has 1 aromatic heterocycles. The number of ketones is 1. The van der Waals surface area contributed by atoms with Crippen LogP contribution in [0.1, 0.15) is 28.3 Å². The van der Waals surface area contributed by atoms with Crippen LogP contribution in [-0.2, 0) is 21.9 Å². The molecule has 0 radical (unpaired) electrons. The first kappa shape index (κ1) is 31.8. The van der Waals surface area contributed by atoms with E-state index in [2.05, 4.69) is 10.2 Å². The summed E-state index contributed by atoms with van der Waals surface area (Å²) in [4.78, 5) is 28.6. The van der Waals surface area contributed by atoms with Gasteiger partial charge in [0.2, 0.25) is 5.13 Å². The van der Waals surface area contributed by atoms with Gasteiger partial charge in [0, 0.05) is 11.3 Å². The predicted molar refractivity (Wildman–Crippen MR) is 177 cm³/mol. The zero-order chi connectivity index (χ0) is 32.9. The van der Waals surface area contributed by atoms with E-state index in [0.29, 0.717) is 45.1 Å². The SMILES string of the molecule is COc1ccc(/C(O)=C2/C(=O)C(=O)N(c3nnc(SCc4ccc(F)cc4)s3)C2c2ccc(OCc3ccccc3)c(OC)c2)cc1. The molecule has 12 heteroatoms. The molecule has 0 bridgehead atoms. The Kier molecular flexibility index (Phi) is 9.50. The maximum atomic E-state index is 13.7. The minimum absolute atomic E-state index is 0.115. The summed E-state index contributed by atoms with van der Waals surface area (Å²) in [5, 5.41) is 20.2. The Morgan fingerprint density at radius 3 is 2.34 bits per heavy atom. The fraction of sp³-hybridized carbons (Fsp3) is 0.143. The number of thioether (sulfide) groups is 1. The van der Waals surface area contributed by atoms with E-state index in [1.54, 1.807) is 54.6 Å². The van der Waals surface area contributed by atoms with E-state index < -0.39 is 17.7 Å². The summed E-state index contributed by atoms with van der Waals surface area (Å²) >= 11 is 2.50. The van der Waals surface area contributed by atoms with Gasteiger partial charge in [-0.15, -0.1) is 10.2 Å². The van der Waals surface area contributed by atoms with Crippen LogP contribution in [0.5, 0.6) is 17.2 Å². The van der Waals surface area contributed by atoms with Gasteiger partial charge in [-0.3, -0.25) is 14.5 Å². The number of benzene rings is 4. The molecular formula is C35H28FN3O6S2. The van der Waals surface area contributed by atoms with E-state index in [1.165, 1.54) is 43.0 Å². The highest BCUT2D eigenvalue weighted by molar-refractivity contribution is 8.00. The van der Waals surface area contributed by atoms with E-state index in [9.17, 15) is 19.1 Å². The Labute approximate surface area is 278 Å². The van der Waals surface area contributed by atoms with Crippen molar-refractivity contribution in [3.63, 3.8) is 0 Å². The molecule has 1 N–H and O–H groups in total. The second-order valence-electron chi connectivity index (χ2n) is 10.3. The predicted octanol–water partition coefficient (Wildman–Crippen LogP) is 7.19. The van der Waals surface area contributed by atoms with Crippen molar-refractivity contribution in [3.05, 3.63) is 131 Å². The molecule has 1 fully saturated rings. The molecule has 0 aliphatic carbocycles. The van der Waals surface area contributed by atoms with E-state index in [0.717, 1.165) is 22.5 Å². The smallest absolute Gasteiger partial charge is 0.301 e. The third-order valence-corrected chi connectivity index (χ3v) is 9.55. The molecule has 1 saturated heterocycles. The van der Waals surface area contributed by atoms with Gasteiger partial charge >= 0.3 is 5.91 Å². The van der Waals surface area contributed by atoms with Gasteiger partial charge in [-0.05, 0) is 65.2 Å². The van der Waals surface area contributed by atoms with Gasteiger partial charge in [-0.1, -0.05) is 71.6 Å². The Morgan fingerprint density at radius 2 is 1.64 bits per heavy atom. The number of nitrogens with zero attached hydrogens (tertiary/aromatic N) is 3. The molecule has 9 nitrogen and oxygen atoms in total. The molecule has 2 heterocycles. The Hall–Kier alpha value is -5.20. The second kappa shape index (κ2) is 14.1. The highest BCUT2D eigenvalue weighted by Crippen LogP contribution is 2.45. The number of carbonyl (C=O) groups excluding carboxylic acids is 2. The van der Waals surface area contributed by atoms with Crippen LogP contribution in [0.2, 0.25) is 0 Å². The summed E-state index contributed by atoms with van der Waals surface area (Å²) in [6.45, 7) is 0.301. The topological polar surface area (TPSA) is 111 Å². The minimum Gasteiger partial charge on any atom is -0.507 e. The number of hydrogen-bond donors (Lipinski definition) is 1. The number of rotatable bonds is 11. The number of halogens is 1. The second-order valence-corrected chi connectivity index (χ2v) is 12.5. The molecule has 1 unspecified atom stereocenters. The number of Topliss-reactive ketones (excluding diaryl/α,β-unsaturated/α-hetero) is 1. The molecule has 1 aliphatic rings. The summed E-state index contributed by atoms with van der Waals surface area (Å²) in [5.41, 5.74) is 2.55. The molecular weight excluding hydrogens is 642 g/mol. The number of aliphatic hydroxyl groups excluding tert-OH is 1. The average Bonchev–Trinajstić information content (AvgIpc) is 3.68. The molecule has 1 aliphatic heterocycles. The van der Waals surface area contributed by atoms with Crippen molar-refractivity contribution in [3.8, 4) is 17.2 Å². The quantitative estimate of drug-likeness (QED) is 0.0514. The Balaban J connectivity index is 1.38. The average molecular weight is 670 g/mol. The van der Waals surface area contributed by atoms with Crippen LogP contribution < -0.4 is 19.1 Å². The molecule has 1 atom stereocenters. The summed E-state index contributed by atoms with van der Waals surface area (Å²) < 4.78 is 30.8. The molecule has 4 aromatic carbocycles. The molecule has 47 heavy (non-hydrogen) atoms. The Morgan fingerprint density at radius 1 is 0.894 bits per heavy atom. The van der Waals surface area contributed by atoms with Crippen molar-refractivity contribution in [1.29, 1.82) is 0 Å². The zero-order valence-corrected chi connectivity index (χ0v) is 26.9. The maximum Gasteiger partial charge on any atom is 0.301 e. The zero-order valence-electron chi connectivity index (χ0n) is 25.3. The highest BCUT2D eigenvalue weighted by Gasteiger charge is 2.48. The van der Waals surface area contributed by atoms with E-state index in [1.807, 2.05) is 30.3 Å². The first-order chi connectivity index (χ1) is 22.9. The maximum absolute atomic E-state index is 13.7. The van der Waals surface area contributed by atoms with Crippen molar-refractivity contribution < 1.29 is 33.3 Å². The number of hydrogen-bond acceptors (Lipinski definition) is 10. The fourth-order valence-corrected chi connectivity index (χ4v) is 6.87. The van der Waals surface area contributed by atoms with Gasteiger partial charge in [0.15, 0.2) is 15.8 Å². The number of amides is 1. The normalized spacial score (nSPS) is 15.6. The monoisotopic (exact) mass is 669 g/mol. The largest absolute Gasteiger partial charge is 0.507 e. The first-order valence-corrected chi connectivity index (χ1v) is 16.2. The number of aliphatic hydroxyl groups is 1. The van der Waals surface area contributed by atoms with Crippen LogP contribution in [0, 0.1) is 5.82 Å². The highest BCUT2D eigenvalue weighted by atomic mass is 32.2. The molecule has 238 valence electrons. The molecule has 6 rings (SSSR count). The van der Waals surface area contributed by atoms with E-state index >= 15 is 0 Å². The van der Waals surface area contributed by atoms with Crippen molar-refractivity contribution in [1.82, 2.24) is 10.2 Å². The van der Waals surface area contributed by atoms with Crippen LogP contribution in [0.15, 0.2) is 107 Å². The van der Waals surface area contributed by atoms with Gasteiger partial charge in [0.1, 0.15) is 23.9 Å². The van der Waals surface area contributed by atoms with Gasteiger partial charge in [-0.25, -0.2) is 4.39 Å². The fourth-order valence-electron chi connectivity index (χ4n) is 5.04. The molecule has 0 saturated carbocycles. The van der Waals surface area contributed by atoms with Crippen LogP contribution in [0.4, 0.5) is 9.52 Å². The summed E-state index contributed by atoms with van der Waals surface area (Å²) in [6.07, 6.45) is 0. The lowest BCUT2D eigenvalue weighted by Gasteiger charge is -2.23. The third kappa shape index (κ3) is 6.83. The lowest BCUT2D eigenvalue weighted by Crippen LogP contribution is -2.29. The van der Waals surface area contributed by atoms with Crippen molar-refractivity contribution in [2.75, 3.05) is 19.1 Å². The number of ether oxygens (including phenoxy) is 3. The number of aromatic nitrogens is 2. The lowest BCUT2D eigenvalue weighted by molar-refractivity contribution is -0.132. The van der Waals surface area contributed by atoms with Crippen molar-refractivity contribution in [2.24, 2.45) is 0 Å². The van der Waals surface area contributed by atoms with E-state index in [4.69, 9.17) is 14.2 Å². The number of carbonyl (C=O) groups is 2.